The molecule has 37 heavy (non-hydrogen) atoms. The predicted octanol–water partition coefficient (Wildman–Crippen LogP) is 7.26. The van der Waals surface area contributed by atoms with Crippen LogP contribution in [0.1, 0.15) is 15.9 Å². The quantitative estimate of drug-likeness (QED) is 0.102. The first-order chi connectivity index (χ1) is 17.5. The summed E-state index contributed by atoms with van der Waals surface area (Å²) in [5.74, 6) is -1.19. The lowest BCUT2D eigenvalue weighted by Gasteiger charge is -2.14. The van der Waals surface area contributed by atoms with E-state index in [4.69, 9.17) is 11.6 Å². The van der Waals surface area contributed by atoms with Crippen LogP contribution in [0.15, 0.2) is 89.8 Å². The van der Waals surface area contributed by atoms with E-state index >= 15 is 0 Å². The summed E-state index contributed by atoms with van der Waals surface area (Å²) in [6.07, 6.45) is -4.56. The Bertz CT molecular complexity index is 1430. The summed E-state index contributed by atoms with van der Waals surface area (Å²) in [6, 6.07) is 18.7. The number of phenols is 1. The summed E-state index contributed by atoms with van der Waals surface area (Å²) in [6.45, 7) is 0. The van der Waals surface area contributed by atoms with Gasteiger partial charge in [-0.05, 0) is 77.9 Å². The Labute approximate surface area is 217 Å². The number of hydrogen-bond donors (Lipinski definition) is 3. The molecule has 0 saturated carbocycles. The summed E-state index contributed by atoms with van der Waals surface area (Å²) in [5.41, 5.74) is 0.715. The SMILES string of the molecule is O=C(Nc1ccc(O)c(N[S+]([O-])c2ccc(F)cc2)c1)c1ccc(-c2ccc(C(F)(F)F)c(Cl)c2)cc1. The van der Waals surface area contributed by atoms with Gasteiger partial charge in [-0.15, -0.1) is 0 Å². The highest BCUT2D eigenvalue weighted by Crippen LogP contribution is 2.37. The molecule has 0 aliphatic rings. The van der Waals surface area contributed by atoms with E-state index in [0.717, 1.165) is 18.2 Å². The van der Waals surface area contributed by atoms with Crippen molar-refractivity contribution in [3.8, 4) is 16.9 Å². The van der Waals surface area contributed by atoms with Crippen molar-refractivity contribution in [1.29, 1.82) is 0 Å². The second-order valence-electron chi connectivity index (χ2n) is 7.78. The zero-order chi connectivity index (χ0) is 26.7. The van der Waals surface area contributed by atoms with Gasteiger partial charge in [-0.3, -0.25) is 4.79 Å². The molecule has 4 aromatic rings. The van der Waals surface area contributed by atoms with Crippen LogP contribution in [0.2, 0.25) is 5.02 Å². The van der Waals surface area contributed by atoms with Gasteiger partial charge in [0, 0.05) is 11.3 Å². The van der Waals surface area contributed by atoms with Crippen LogP contribution in [-0.2, 0) is 17.5 Å². The minimum Gasteiger partial charge on any atom is -0.588 e. The van der Waals surface area contributed by atoms with Crippen molar-refractivity contribution in [1.82, 2.24) is 0 Å². The van der Waals surface area contributed by atoms with E-state index in [2.05, 4.69) is 10.0 Å². The smallest absolute Gasteiger partial charge is 0.417 e. The normalized spacial score (nSPS) is 12.2. The van der Waals surface area contributed by atoms with Gasteiger partial charge in [0.15, 0.2) is 4.90 Å². The number of alkyl halides is 3. The monoisotopic (exact) mass is 548 g/mol. The van der Waals surface area contributed by atoms with Crippen LogP contribution < -0.4 is 10.0 Å². The van der Waals surface area contributed by atoms with E-state index in [0.29, 0.717) is 16.8 Å². The maximum absolute atomic E-state index is 13.1. The van der Waals surface area contributed by atoms with Crippen molar-refractivity contribution in [2.75, 3.05) is 10.0 Å². The number of aromatic hydroxyl groups is 1. The van der Waals surface area contributed by atoms with Crippen LogP contribution in [0, 0.1) is 5.82 Å². The number of amides is 1. The lowest BCUT2D eigenvalue weighted by Crippen LogP contribution is -2.14. The molecule has 0 spiro atoms. The van der Waals surface area contributed by atoms with Gasteiger partial charge in [0.2, 0.25) is 0 Å². The summed E-state index contributed by atoms with van der Waals surface area (Å²) in [5, 5.41) is 12.3. The molecular weight excluding hydrogens is 532 g/mol. The summed E-state index contributed by atoms with van der Waals surface area (Å²) in [4.78, 5) is 13.0. The average Bonchev–Trinajstić information content (AvgIpc) is 2.85. The topological polar surface area (TPSA) is 84.4 Å². The molecule has 0 aliphatic heterocycles. The van der Waals surface area contributed by atoms with Gasteiger partial charge in [0.25, 0.3) is 5.91 Å². The van der Waals surface area contributed by atoms with Crippen molar-refractivity contribution >= 4 is 40.2 Å². The first-order valence-electron chi connectivity index (χ1n) is 10.6. The number of carbonyl (C=O) groups is 1. The molecular formula is C26H17ClF4N2O3S. The number of halogens is 5. The number of phenolic OH excluding ortho intramolecular Hbond substituents is 1. The van der Waals surface area contributed by atoms with Crippen LogP contribution in [-0.4, -0.2) is 15.6 Å². The van der Waals surface area contributed by atoms with Crippen molar-refractivity contribution in [2.24, 2.45) is 0 Å². The molecule has 0 fully saturated rings. The number of nitrogens with one attached hydrogen (secondary N) is 2. The third-order valence-corrected chi connectivity index (χ3v) is 6.66. The van der Waals surface area contributed by atoms with Gasteiger partial charge in [-0.1, -0.05) is 29.8 Å². The molecule has 11 heteroatoms. The number of rotatable bonds is 6. The Kier molecular flexibility index (Phi) is 7.63. The Hall–Kier alpha value is -3.73. The van der Waals surface area contributed by atoms with Crippen molar-refractivity contribution in [2.45, 2.75) is 11.1 Å². The van der Waals surface area contributed by atoms with E-state index < -0.39 is 39.8 Å². The number of anilines is 2. The highest BCUT2D eigenvalue weighted by Gasteiger charge is 2.33. The van der Waals surface area contributed by atoms with Gasteiger partial charge < -0.3 is 15.0 Å². The molecule has 0 radical (unpaired) electrons. The average molecular weight is 549 g/mol. The number of carbonyl (C=O) groups excluding carboxylic acids is 1. The first-order valence-corrected chi connectivity index (χ1v) is 12.1. The van der Waals surface area contributed by atoms with Crippen LogP contribution in [0.4, 0.5) is 28.9 Å². The highest BCUT2D eigenvalue weighted by atomic mass is 35.5. The second kappa shape index (κ2) is 10.7. The Morgan fingerprint density at radius 3 is 2.16 bits per heavy atom. The first kappa shape index (κ1) is 26.3. The molecule has 4 aromatic carbocycles. The molecule has 4 rings (SSSR count). The van der Waals surface area contributed by atoms with Crippen molar-refractivity contribution in [3.63, 3.8) is 0 Å². The van der Waals surface area contributed by atoms with Crippen LogP contribution >= 0.6 is 11.6 Å². The molecule has 5 nitrogen and oxygen atoms in total. The number of benzene rings is 4. The summed E-state index contributed by atoms with van der Waals surface area (Å²) >= 11 is 3.99. The molecule has 0 bridgehead atoms. The largest absolute Gasteiger partial charge is 0.588 e. The molecule has 1 unspecified atom stereocenters. The van der Waals surface area contributed by atoms with Crippen molar-refractivity contribution < 1.29 is 32.0 Å². The summed E-state index contributed by atoms with van der Waals surface area (Å²) < 4.78 is 67.0. The summed E-state index contributed by atoms with van der Waals surface area (Å²) in [7, 11) is 0. The van der Waals surface area contributed by atoms with E-state index in [1.807, 2.05) is 0 Å². The third-order valence-electron chi connectivity index (χ3n) is 5.24. The van der Waals surface area contributed by atoms with Crippen molar-refractivity contribution in [3.05, 3.63) is 107 Å². The minimum atomic E-state index is -4.56. The van der Waals surface area contributed by atoms with Gasteiger partial charge in [0.1, 0.15) is 28.6 Å². The van der Waals surface area contributed by atoms with Gasteiger partial charge in [-0.25, -0.2) is 4.39 Å². The third kappa shape index (κ3) is 6.34. The predicted molar refractivity (Wildman–Crippen MR) is 134 cm³/mol. The van der Waals surface area contributed by atoms with E-state index in [1.165, 1.54) is 54.6 Å². The zero-order valence-corrected chi connectivity index (χ0v) is 20.2. The maximum Gasteiger partial charge on any atom is 0.417 e. The minimum absolute atomic E-state index is 0.0787. The molecule has 1 amide bonds. The fraction of sp³-hybridized carbons (Fsp3) is 0.0385. The molecule has 0 saturated heterocycles. The maximum atomic E-state index is 13.1. The van der Waals surface area contributed by atoms with E-state index in [-0.39, 0.29) is 21.9 Å². The van der Waals surface area contributed by atoms with E-state index in [1.54, 1.807) is 12.1 Å². The molecule has 1 atom stereocenters. The fourth-order valence-corrected chi connectivity index (χ4v) is 4.51. The number of hydrogen-bond acceptors (Lipinski definition) is 4. The molecule has 3 N–H and O–H groups in total. The zero-order valence-electron chi connectivity index (χ0n) is 18.6. The standard InChI is InChI=1S/C26H17ClF4N2O3S/c27-22-13-17(5-11-21(22)26(29,30)31)15-1-3-16(4-2-15)25(35)32-19-8-12-24(34)23(14-19)33-37(36)20-9-6-18(28)7-10-20/h1-14,33-34H,(H,32,35). The van der Waals surface area contributed by atoms with Gasteiger partial charge in [-0.2, -0.15) is 17.9 Å². The second-order valence-corrected chi connectivity index (χ2v) is 9.40. The van der Waals surface area contributed by atoms with Gasteiger partial charge >= 0.3 is 6.18 Å². The fourth-order valence-electron chi connectivity index (χ4n) is 3.35. The van der Waals surface area contributed by atoms with Crippen LogP contribution in [0.3, 0.4) is 0 Å². The Morgan fingerprint density at radius 1 is 0.892 bits per heavy atom. The molecule has 0 aromatic heterocycles. The lowest BCUT2D eigenvalue weighted by atomic mass is 10.0. The molecule has 190 valence electrons. The van der Waals surface area contributed by atoms with Crippen LogP contribution in [0.25, 0.3) is 11.1 Å². The van der Waals surface area contributed by atoms with E-state index in [9.17, 15) is 32.0 Å². The van der Waals surface area contributed by atoms with Gasteiger partial charge in [0.05, 0.1) is 10.6 Å². The van der Waals surface area contributed by atoms with Crippen LogP contribution in [0.5, 0.6) is 5.75 Å². The Morgan fingerprint density at radius 2 is 1.54 bits per heavy atom. The lowest BCUT2D eigenvalue weighted by molar-refractivity contribution is -0.137. The Balaban J connectivity index is 1.46. The molecule has 0 heterocycles. The molecule has 0 aliphatic carbocycles. The highest BCUT2D eigenvalue weighted by molar-refractivity contribution is 7.92.